The molecule has 8 nitrogen and oxygen atoms in total. The summed E-state index contributed by atoms with van der Waals surface area (Å²) < 4.78 is 25.3. The van der Waals surface area contributed by atoms with E-state index in [1.54, 1.807) is 27.7 Å². The number of nitrogens with one attached hydrogen (secondary N) is 1. The number of anilines is 1. The van der Waals surface area contributed by atoms with Crippen molar-refractivity contribution in [1.82, 2.24) is 14.8 Å². The van der Waals surface area contributed by atoms with Crippen LogP contribution in [0.15, 0.2) is 72.6 Å². The lowest BCUT2D eigenvalue weighted by molar-refractivity contribution is 0.217. The molecule has 1 aromatic heterocycles. The van der Waals surface area contributed by atoms with Crippen LogP contribution >= 0.6 is 0 Å². The van der Waals surface area contributed by atoms with Gasteiger partial charge in [0.15, 0.2) is 6.10 Å². The molecule has 4 aromatic rings. The molecule has 2 aliphatic heterocycles. The number of hydrogen-bond acceptors (Lipinski definition) is 7. The van der Waals surface area contributed by atoms with E-state index in [1.807, 2.05) is 41.1 Å². The molecule has 1 N–H and O–H groups in total. The summed E-state index contributed by atoms with van der Waals surface area (Å²) in [4.78, 5) is 4.51. The van der Waals surface area contributed by atoms with E-state index in [0.29, 0.717) is 17.4 Å². The second kappa shape index (κ2) is 8.64. The molecule has 182 valence electrons. The van der Waals surface area contributed by atoms with Gasteiger partial charge in [-0.15, -0.1) is 0 Å². The molecular weight excluding hydrogens is 456 g/mol. The largest absolute Gasteiger partial charge is 0.497 e. The van der Waals surface area contributed by atoms with Gasteiger partial charge in [-0.2, -0.15) is 10.1 Å². The summed E-state index contributed by atoms with van der Waals surface area (Å²) in [5.74, 6) is 3.64. The maximum atomic E-state index is 6.74. The van der Waals surface area contributed by atoms with Gasteiger partial charge in [0, 0.05) is 22.8 Å². The smallest absolute Gasteiger partial charge is 0.226 e. The van der Waals surface area contributed by atoms with E-state index >= 15 is 0 Å². The van der Waals surface area contributed by atoms with Gasteiger partial charge in [-0.05, 0) is 48.9 Å². The zero-order valence-electron chi connectivity index (χ0n) is 20.5. The molecule has 0 spiro atoms. The highest BCUT2D eigenvalue weighted by atomic mass is 16.5. The monoisotopic (exact) mass is 482 g/mol. The molecule has 36 heavy (non-hydrogen) atoms. The van der Waals surface area contributed by atoms with Gasteiger partial charge in [0.25, 0.3) is 0 Å². The minimum absolute atomic E-state index is 0.268. The van der Waals surface area contributed by atoms with Crippen LogP contribution < -0.4 is 24.3 Å². The number of nitrogens with zero attached hydrogens (tertiary/aromatic N) is 3. The molecule has 6 rings (SSSR count). The Bertz CT molecular complexity index is 1480. The number of ether oxygens (including phenoxy) is 4. The van der Waals surface area contributed by atoms with E-state index in [0.717, 1.165) is 45.0 Å². The maximum Gasteiger partial charge on any atom is 0.226 e. The molecule has 0 amide bonds. The van der Waals surface area contributed by atoms with Gasteiger partial charge in [-0.1, -0.05) is 23.8 Å². The topological polar surface area (TPSA) is 79.7 Å². The van der Waals surface area contributed by atoms with Crippen LogP contribution in [0, 0.1) is 6.92 Å². The van der Waals surface area contributed by atoms with Gasteiger partial charge < -0.3 is 24.3 Å². The minimum Gasteiger partial charge on any atom is -0.497 e. The van der Waals surface area contributed by atoms with E-state index in [-0.39, 0.29) is 6.04 Å². The molecule has 0 unspecified atom stereocenters. The van der Waals surface area contributed by atoms with Gasteiger partial charge in [0.1, 0.15) is 35.4 Å². The fraction of sp³-hybridized carbons (Fsp3) is 0.214. The Kier molecular flexibility index (Phi) is 5.29. The van der Waals surface area contributed by atoms with Crippen molar-refractivity contribution >= 4 is 11.6 Å². The zero-order chi connectivity index (χ0) is 24.8. The van der Waals surface area contributed by atoms with Crippen molar-refractivity contribution in [3.05, 3.63) is 94.8 Å². The number of methoxy groups -OCH3 is 3. The van der Waals surface area contributed by atoms with Gasteiger partial charge in [-0.25, -0.2) is 4.68 Å². The molecule has 3 aromatic carbocycles. The Morgan fingerprint density at radius 2 is 1.67 bits per heavy atom. The van der Waals surface area contributed by atoms with Crippen LogP contribution in [0.25, 0.3) is 5.70 Å². The van der Waals surface area contributed by atoms with Crippen LogP contribution in [-0.4, -0.2) is 36.1 Å². The second-order valence-electron chi connectivity index (χ2n) is 8.76. The van der Waals surface area contributed by atoms with Crippen LogP contribution in [-0.2, 0) is 0 Å². The van der Waals surface area contributed by atoms with Crippen molar-refractivity contribution in [2.75, 3.05) is 26.6 Å². The average molecular weight is 483 g/mol. The average Bonchev–Trinajstić information content (AvgIpc) is 3.39. The number of rotatable bonds is 5. The number of benzene rings is 3. The number of hydrogen-bond donors (Lipinski definition) is 1. The Morgan fingerprint density at radius 3 is 2.42 bits per heavy atom. The number of fused-ring (bicyclic) bond motifs is 3. The highest BCUT2D eigenvalue weighted by Gasteiger charge is 2.42. The summed E-state index contributed by atoms with van der Waals surface area (Å²) >= 11 is 0. The molecule has 8 heteroatoms. The summed E-state index contributed by atoms with van der Waals surface area (Å²) in [7, 11) is 4.96. The van der Waals surface area contributed by atoms with Crippen molar-refractivity contribution in [3.8, 4) is 23.0 Å². The summed E-state index contributed by atoms with van der Waals surface area (Å²) in [6, 6.07) is 19.8. The summed E-state index contributed by atoms with van der Waals surface area (Å²) in [5.41, 5.74) is 6.03. The molecule has 3 heterocycles. The first kappa shape index (κ1) is 22.0. The second-order valence-corrected chi connectivity index (χ2v) is 8.76. The SMILES string of the molecule is COc1ccc([C@@H]2C3=C(Nc4ncnn42)c2cc(C)ccc2O[C@H]3c2ccc(OC)cc2OC)cc1. The summed E-state index contributed by atoms with van der Waals surface area (Å²) in [6.45, 7) is 2.07. The zero-order valence-corrected chi connectivity index (χ0v) is 20.5. The molecular formula is C28H26N4O4. The molecule has 0 saturated heterocycles. The molecule has 0 radical (unpaired) electrons. The number of aromatic nitrogens is 3. The third-order valence-corrected chi connectivity index (χ3v) is 6.72. The fourth-order valence-electron chi connectivity index (χ4n) is 4.98. The lowest BCUT2D eigenvalue weighted by atomic mass is 9.84. The van der Waals surface area contributed by atoms with E-state index in [9.17, 15) is 0 Å². The van der Waals surface area contributed by atoms with Gasteiger partial charge in [-0.3, -0.25) is 0 Å². The van der Waals surface area contributed by atoms with Crippen molar-refractivity contribution in [3.63, 3.8) is 0 Å². The minimum atomic E-state index is -0.451. The Balaban J connectivity index is 1.62. The van der Waals surface area contributed by atoms with E-state index in [4.69, 9.17) is 18.9 Å². The first-order valence-electron chi connectivity index (χ1n) is 11.7. The Labute approximate surface area is 209 Å². The van der Waals surface area contributed by atoms with Crippen LogP contribution in [0.4, 0.5) is 5.95 Å². The Morgan fingerprint density at radius 1 is 0.889 bits per heavy atom. The van der Waals surface area contributed by atoms with Crippen molar-refractivity contribution in [2.45, 2.75) is 19.1 Å². The van der Waals surface area contributed by atoms with Crippen LogP contribution in [0.1, 0.15) is 34.4 Å². The van der Waals surface area contributed by atoms with Crippen LogP contribution in [0.3, 0.4) is 0 Å². The molecule has 2 atom stereocenters. The highest BCUT2D eigenvalue weighted by Crippen LogP contribution is 2.52. The predicted octanol–water partition coefficient (Wildman–Crippen LogP) is 5.17. The van der Waals surface area contributed by atoms with Gasteiger partial charge >= 0.3 is 0 Å². The number of aryl methyl sites for hydroxylation is 1. The maximum absolute atomic E-state index is 6.74. The standard InChI is InChI=1S/C28H26N4O4/c1-16-5-12-22-21(13-16)25-24(27(36-22)20-11-10-19(34-3)14-23(20)35-4)26(32-28(31-25)29-15-30-32)17-6-8-18(33-2)9-7-17/h5-15,26-27H,1-4H3,(H,29,30,31)/t26-,27+/m1/s1. The quantitative estimate of drug-likeness (QED) is 0.420. The summed E-state index contributed by atoms with van der Waals surface area (Å²) in [6.07, 6.45) is 1.12. The van der Waals surface area contributed by atoms with Crippen LogP contribution in [0.5, 0.6) is 23.0 Å². The van der Waals surface area contributed by atoms with Crippen LogP contribution in [0.2, 0.25) is 0 Å². The molecule has 0 saturated carbocycles. The predicted molar refractivity (Wildman–Crippen MR) is 136 cm³/mol. The van der Waals surface area contributed by atoms with Gasteiger partial charge in [0.2, 0.25) is 5.95 Å². The highest BCUT2D eigenvalue weighted by molar-refractivity contribution is 5.85. The Hall–Kier alpha value is -4.46. The lowest BCUT2D eigenvalue weighted by Gasteiger charge is -2.39. The summed E-state index contributed by atoms with van der Waals surface area (Å²) in [5, 5.41) is 8.13. The third kappa shape index (κ3) is 3.45. The molecule has 2 aliphatic rings. The van der Waals surface area contributed by atoms with E-state index in [1.165, 1.54) is 0 Å². The normalized spacial score (nSPS) is 17.8. The third-order valence-electron chi connectivity index (χ3n) is 6.72. The first-order chi connectivity index (χ1) is 17.6. The van der Waals surface area contributed by atoms with Crippen molar-refractivity contribution in [2.24, 2.45) is 0 Å². The van der Waals surface area contributed by atoms with E-state index < -0.39 is 6.10 Å². The molecule has 0 bridgehead atoms. The lowest BCUT2D eigenvalue weighted by Crippen LogP contribution is -2.32. The van der Waals surface area contributed by atoms with E-state index in [2.05, 4.69) is 46.6 Å². The van der Waals surface area contributed by atoms with Crippen molar-refractivity contribution < 1.29 is 18.9 Å². The molecule has 0 fully saturated rings. The first-order valence-corrected chi connectivity index (χ1v) is 11.7. The fourth-order valence-corrected chi connectivity index (χ4v) is 4.98. The van der Waals surface area contributed by atoms with Crippen molar-refractivity contribution in [1.29, 1.82) is 0 Å². The molecule has 0 aliphatic carbocycles. The van der Waals surface area contributed by atoms with Gasteiger partial charge in [0.05, 0.1) is 27.0 Å².